The Labute approximate surface area is 145 Å². The van der Waals surface area contributed by atoms with E-state index in [0.717, 1.165) is 5.56 Å². The minimum absolute atomic E-state index is 0.259. The highest BCUT2D eigenvalue weighted by Crippen LogP contribution is 2.05. The molecule has 0 spiro atoms. The molecule has 0 unspecified atom stereocenters. The largest absolute Gasteiger partial charge is 0.399 e. The lowest BCUT2D eigenvalue weighted by Gasteiger charge is -2.20. The fourth-order valence-electron chi connectivity index (χ4n) is 2.22. The second-order valence-electron chi connectivity index (χ2n) is 5.40. The first kappa shape index (κ1) is 18.1. The number of nitrogen functional groups attached to an aromatic ring is 1. The van der Waals surface area contributed by atoms with Crippen LogP contribution in [0.3, 0.4) is 0 Å². The number of imide groups is 1. The molecule has 0 fully saturated rings. The van der Waals surface area contributed by atoms with E-state index in [2.05, 4.69) is 10.3 Å². The van der Waals surface area contributed by atoms with E-state index in [1.165, 1.54) is 17.0 Å². The van der Waals surface area contributed by atoms with Gasteiger partial charge in [0, 0.05) is 36.7 Å². The number of aromatic nitrogens is 1. The summed E-state index contributed by atoms with van der Waals surface area (Å²) in [5.74, 6) is -2.32. The SMILES string of the molecule is CCN(CCc1ccncc1)C(=O)C(=O)NC(=O)c1ccc(N)cc1. The summed E-state index contributed by atoms with van der Waals surface area (Å²) in [4.78, 5) is 41.6. The van der Waals surface area contributed by atoms with Crippen LogP contribution in [0.25, 0.3) is 0 Å². The molecule has 0 saturated heterocycles. The Hall–Kier alpha value is -3.22. The zero-order valence-corrected chi connectivity index (χ0v) is 13.9. The molecule has 7 heteroatoms. The Morgan fingerprint density at radius 2 is 1.72 bits per heavy atom. The maximum Gasteiger partial charge on any atom is 0.316 e. The van der Waals surface area contributed by atoms with E-state index in [0.29, 0.717) is 25.2 Å². The number of nitrogens with one attached hydrogen (secondary N) is 1. The molecule has 7 nitrogen and oxygen atoms in total. The summed E-state index contributed by atoms with van der Waals surface area (Å²) < 4.78 is 0. The Morgan fingerprint density at radius 3 is 2.32 bits per heavy atom. The molecular weight excluding hydrogens is 320 g/mol. The van der Waals surface area contributed by atoms with Gasteiger partial charge in [-0.3, -0.25) is 24.7 Å². The number of likely N-dealkylation sites (N-methyl/N-ethyl adjacent to an activating group) is 1. The number of carbonyl (C=O) groups excluding carboxylic acids is 3. The van der Waals surface area contributed by atoms with Gasteiger partial charge in [0.2, 0.25) is 0 Å². The van der Waals surface area contributed by atoms with Crippen LogP contribution in [-0.4, -0.2) is 40.7 Å². The van der Waals surface area contributed by atoms with Gasteiger partial charge in [0.05, 0.1) is 0 Å². The Kier molecular flexibility index (Phi) is 6.22. The standard InChI is InChI=1S/C18H20N4O3/c1-2-22(12-9-13-7-10-20-11-8-13)18(25)17(24)21-16(23)14-3-5-15(19)6-4-14/h3-8,10-11H,2,9,12,19H2,1H3,(H,21,23,24). The number of pyridine rings is 1. The predicted molar refractivity (Wildman–Crippen MR) is 93.5 cm³/mol. The van der Waals surface area contributed by atoms with Gasteiger partial charge in [-0.15, -0.1) is 0 Å². The minimum Gasteiger partial charge on any atom is -0.399 e. The first-order valence-electron chi connectivity index (χ1n) is 7.90. The third-order valence-electron chi connectivity index (χ3n) is 3.68. The van der Waals surface area contributed by atoms with Crippen LogP contribution in [-0.2, 0) is 16.0 Å². The van der Waals surface area contributed by atoms with Gasteiger partial charge in [0.25, 0.3) is 5.91 Å². The highest BCUT2D eigenvalue weighted by atomic mass is 16.2. The summed E-state index contributed by atoms with van der Waals surface area (Å²) in [5.41, 5.74) is 7.33. The zero-order valence-electron chi connectivity index (χ0n) is 13.9. The van der Waals surface area contributed by atoms with Crippen LogP contribution in [0, 0.1) is 0 Å². The first-order chi connectivity index (χ1) is 12.0. The summed E-state index contributed by atoms with van der Waals surface area (Å²) in [5, 5.41) is 2.11. The van der Waals surface area contributed by atoms with Crippen molar-refractivity contribution < 1.29 is 14.4 Å². The molecule has 25 heavy (non-hydrogen) atoms. The van der Waals surface area contributed by atoms with Crippen molar-refractivity contribution in [3.8, 4) is 0 Å². The van der Waals surface area contributed by atoms with Crippen LogP contribution in [0.1, 0.15) is 22.8 Å². The summed E-state index contributed by atoms with van der Waals surface area (Å²) in [7, 11) is 0. The molecule has 1 heterocycles. The van der Waals surface area contributed by atoms with Gasteiger partial charge < -0.3 is 10.6 Å². The maximum absolute atomic E-state index is 12.2. The Morgan fingerprint density at radius 1 is 1.08 bits per heavy atom. The second kappa shape index (κ2) is 8.58. The normalized spacial score (nSPS) is 10.1. The summed E-state index contributed by atoms with van der Waals surface area (Å²) in [6, 6.07) is 9.78. The number of hydrogen-bond acceptors (Lipinski definition) is 5. The molecule has 1 aromatic heterocycles. The summed E-state index contributed by atoms with van der Waals surface area (Å²) >= 11 is 0. The molecule has 0 aliphatic heterocycles. The molecular formula is C18H20N4O3. The van der Waals surface area contributed by atoms with E-state index in [9.17, 15) is 14.4 Å². The number of anilines is 1. The predicted octanol–water partition coefficient (Wildman–Crippen LogP) is 1.01. The summed E-state index contributed by atoms with van der Waals surface area (Å²) in [6.07, 6.45) is 3.94. The van der Waals surface area contributed by atoms with Crippen LogP contribution in [0.15, 0.2) is 48.8 Å². The molecule has 0 aliphatic carbocycles. The fraction of sp³-hybridized carbons (Fsp3) is 0.222. The van der Waals surface area contributed by atoms with Crippen molar-refractivity contribution in [1.82, 2.24) is 15.2 Å². The van der Waals surface area contributed by atoms with Crippen molar-refractivity contribution in [2.75, 3.05) is 18.8 Å². The molecule has 1 aromatic carbocycles. The molecule has 0 radical (unpaired) electrons. The first-order valence-corrected chi connectivity index (χ1v) is 7.90. The van der Waals surface area contributed by atoms with Gasteiger partial charge in [0.1, 0.15) is 0 Å². The van der Waals surface area contributed by atoms with Crippen molar-refractivity contribution in [3.05, 3.63) is 59.9 Å². The zero-order chi connectivity index (χ0) is 18.2. The molecule has 0 atom stereocenters. The molecule has 3 N–H and O–H groups in total. The number of nitrogens with zero attached hydrogens (tertiary/aromatic N) is 2. The van der Waals surface area contributed by atoms with Crippen LogP contribution < -0.4 is 11.1 Å². The van der Waals surface area contributed by atoms with Gasteiger partial charge in [-0.1, -0.05) is 0 Å². The average Bonchev–Trinajstić information content (AvgIpc) is 2.63. The molecule has 130 valence electrons. The van der Waals surface area contributed by atoms with E-state index in [-0.39, 0.29) is 5.56 Å². The Bertz CT molecular complexity index is 745. The lowest BCUT2D eigenvalue weighted by atomic mass is 10.2. The minimum atomic E-state index is -0.946. The Balaban J connectivity index is 1.93. The number of nitrogens with two attached hydrogens (primary N) is 1. The molecule has 0 bridgehead atoms. The maximum atomic E-state index is 12.2. The summed E-state index contributed by atoms with van der Waals surface area (Å²) in [6.45, 7) is 2.52. The van der Waals surface area contributed by atoms with Crippen molar-refractivity contribution in [2.45, 2.75) is 13.3 Å². The monoisotopic (exact) mass is 340 g/mol. The quantitative estimate of drug-likeness (QED) is 0.624. The third-order valence-corrected chi connectivity index (χ3v) is 3.68. The molecule has 2 aromatic rings. The smallest absolute Gasteiger partial charge is 0.316 e. The van der Waals surface area contributed by atoms with Gasteiger partial charge in [0.15, 0.2) is 0 Å². The van der Waals surface area contributed by atoms with E-state index in [4.69, 9.17) is 5.73 Å². The van der Waals surface area contributed by atoms with Crippen LogP contribution in [0.5, 0.6) is 0 Å². The van der Waals surface area contributed by atoms with Crippen LogP contribution in [0.2, 0.25) is 0 Å². The lowest BCUT2D eigenvalue weighted by molar-refractivity contribution is -0.145. The number of benzene rings is 1. The number of rotatable bonds is 5. The van der Waals surface area contributed by atoms with Crippen molar-refractivity contribution in [2.24, 2.45) is 0 Å². The van der Waals surface area contributed by atoms with Gasteiger partial charge in [-0.25, -0.2) is 0 Å². The third kappa shape index (κ3) is 5.13. The topological polar surface area (TPSA) is 105 Å². The highest BCUT2D eigenvalue weighted by Gasteiger charge is 2.22. The molecule has 0 aliphatic rings. The lowest BCUT2D eigenvalue weighted by Crippen LogP contribution is -2.45. The van der Waals surface area contributed by atoms with E-state index < -0.39 is 17.7 Å². The van der Waals surface area contributed by atoms with Crippen LogP contribution in [0.4, 0.5) is 5.69 Å². The van der Waals surface area contributed by atoms with Crippen LogP contribution >= 0.6 is 0 Å². The van der Waals surface area contributed by atoms with Crippen molar-refractivity contribution in [3.63, 3.8) is 0 Å². The van der Waals surface area contributed by atoms with E-state index in [1.54, 1.807) is 31.5 Å². The van der Waals surface area contributed by atoms with Gasteiger partial charge in [-0.05, 0) is 55.3 Å². The van der Waals surface area contributed by atoms with Gasteiger partial charge in [-0.2, -0.15) is 0 Å². The van der Waals surface area contributed by atoms with E-state index >= 15 is 0 Å². The fourth-order valence-corrected chi connectivity index (χ4v) is 2.22. The van der Waals surface area contributed by atoms with Gasteiger partial charge >= 0.3 is 11.8 Å². The van der Waals surface area contributed by atoms with E-state index in [1.807, 2.05) is 12.1 Å². The average molecular weight is 340 g/mol. The number of hydrogen-bond donors (Lipinski definition) is 2. The number of amides is 3. The second-order valence-corrected chi connectivity index (χ2v) is 5.40. The van der Waals surface area contributed by atoms with Crippen molar-refractivity contribution >= 4 is 23.4 Å². The molecule has 0 saturated carbocycles. The highest BCUT2D eigenvalue weighted by molar-refractivity contribution is 6.38. The molecule has 3 amide bonds. The number of carbonyl (C=O) groups is 3. The van der Waals surface area contributed by atoms with Crippen molar-refractivity contribution in [1.29, 1.82) is 0 Å². The molecule has 2 rings (SSSR count).